The second kappa shape index (κ2) is 22.0. The number of aryl methyl sites for hydroxylation is 1. The molecule has 0 aromatic heterocycles. The third-order valence-electron chi connectivity index (χ3n) is 14.0. The molecule has 0 bridgehead atoms. The van der Waals surface area contributed by atoms with E-state index in [1.165, 1.54) is 56.9 Å². The quantitative estimate of drug-likeness (QED) is 0.0416. The fraction of sp³-hybridized carbons (Fsp3) is 0.397. The molecule has 350 valence electrons. The number of hydrogen-bond acceptors (Lipinski definition) is 8. The van der Waals surface area contributed by atoms with Crippen LogP contribution in [-0.2, 0) is 12.8 Å². The van der Waals surface area contributed by atoms with E-state index in [-0.39, 0.29) is 23.7 Å². The van der Waals surface area contributed by atoms with E-state index < -0.39 is 0 Å². The molecule has 67 heavy (non-hydrogen) atoms. The van der Waals surface area contributed by atoms with Crippen molar-refractivity contribution in [2.24, 2.45) is 22.7 Å². The Morgan fingerprint density at radius 3 is 2.13 bits per heavy atom. The number of carbonyl (C=O) groups is 2. The smallest absolute Gasteiger partial charge is 0.260 e. The first-order valence-corrected chi connectivity index (χ1v) is 24.4. The summed E-state index contributed by atoms with van der Waals surface area (Å²) >= 11 is 0. The molecule has 9 heteroatoms. The van der Waals surface area contributed by atoms with Crippen molar-refractivity contribution in [2.45, 2.75) is 103 Å². The van der Waals surface area contributed by atoms with Gasteiger partial charge in [0.15, 0.2) is 28.8 Å². The van der Waals surface area contributed by atoms with E-state index >= 15 is 0 Å². The highest BCUT2D eigenvalue weighted by molar-refractivity contribution is 6.12. The number of fused-ring (bicyclic) bond motifs is 3. The van der Waals surface area contributed by atoms with Crippen molar-refractivity contribution in [2.75, 3.05) is 33.2 Å². The Morgan fingerprint density at radius 2 is 1.43 bits per heavy atom. The van der Waals surface area contributed by atoms with Crippen LogP contribution in [0.1, 0.15) is 127 Å². The minimum absolute atomic E-state index is 0.129. The maximum atomic E-state index is 14.2. The molecule has 2 N–H and O–H groups in total. The monoisotopic (exact) mass is 902 g/mol. The molecule has 1 amide bonds. The predicted molar refractivity (Wildman–Crippen MR) is 271 cm³/mol. The van der Waals surface area contributed by atoms with E-state index in [1.54, 1.807) is 37.3 Å². The average molecular weight is 902 g/mol. The lowest BCUT2D eigenvalue weighted by Crippen LogP contribution is -2.32. The molecule has 4 aromatic carbocycles. The molecule has 0 spiro atoms. The molecule has 1 saturated carbocycles. The molecule has 1 fully saturated rings. The first-order chi connectivity index (χ1) is 32.6. The molecule has 4 aromatic rings. The number of rotatable bonds is 15. The number of aliphatic imine (C=N–C) groups is 1. The van der Waals surface area contributed by atoms with Crippen LogP contribution in [0.3, 0.4) is 0 Å². The number of benzene rings is 4. The summed E-state index contributed by atoms with van der Waals surface area (Å²) in [6.45, 7) is 9.48. The highest BCUT2D eigenvalue weighted by Gasteiger charge is 2.33. The fourth-order valence-electron chi connectivity index (χ4n) is 10.2. The lowest BCUT2D eigenvalue weighted by atomic mass is 9.89. The number of methoxy groups -OCH3 is 2. The van der Waals surface area contributed by atoms with Gasteiger partial charge in [-0.05, 0) is 113 Å². The van der Waals surface area contributed by atoms with Gasteiger partial charge in [0, 0.05) is 48.1 Å². The standard InChI is InChI=1S/C58H67N3O6/c1-6-10-40-12-8-13-41(16-15-40)17-18-42-19-21-43(22-20-42)46-29-38(2)11-7-14-45-32-55(53(64-4)33-50(45)57(62)39(3)30-46)66-27-9-28-67-56-35-52-51(34-54(56)65-5)58(63)61-37-47(31-49(61)36-60-52)44-23-25-48(59)26-24-44/h7,11,19-26,30,32-38,40-41,49H,3,6,8-10,12-18,27-29,31,59H2,1-2,4-5H3. The van der Waals surface area contributed by atoms with Gasteiger partial charge in [-0.15, -0.1) is 0 Å². The van der Waals surface area contributed by atoms with Crippen molar-refractivity contribution in [1.82, 2.24) is 4.90 Å². The summed E-state index contributed by atoms with van der Waals surface area (Å²) in [5, 5.41) is 0. The zero-order chi connectivity index (χ0) is 46.9. The van der Waals surface area contributed by atoms with Gasteiger partial charge in [-0.25, -0.2) is 0 Å². The van der Waals surface area contributed by atoms with Gasteiger partial charge in [-0.2, -0.15) is 0 Å². The van der Waals surface area contributed by atoms with Gasteiger partial charge in [0.25, 0.3) is 5.91 Å². The summed E-state index contributed by atoms with van der Waals surface area (Å²) in [6.07, 6.45) is 24.6. The molecule has 0 saturated heterocycles. The number of carbonyl (C=O) groups excluding carboxylic acids is 2. The summed E-state index contributed by atoms with van der Waals surface area (Å²) in [7, 11) is 3.14. The molecular formula is C58H67N3O6. The number of ketones is 1. The second-order valence-corrected chi connectivity index (χ2v) is 18.9. The molecule has 0 radical (unpaired) electrons. The maximum Gasteiger partial charge on any atom is 0.260 e. The summed E-state index contributed by atoms with van der Waals surface area (Å²) in [5.41, 5.74) is 15.1. The normalized spacial score (nSPS) is 20.7. The Bertz CT molecular complexity index is 2550. The van der Waals surface area contributed by atoms with Crippen LogP contribution in [0.15, 0.2) is 114 Å². The largest absolute Gasteiger partial charge is 0.493 e. The van der Waals surface area contributed by atoms with Crippen LogP contribution in [0.4, 0.5) is 11.4 Å². The third-order valence-corrected chi connectivity index (χ3v) is 14.0. The minimum atomic E-state index is -0.202. The summed E-state index contributed by atoms with van der Waals surface area (Å²) in [5.74, 6) is 3.70. The van der Waals surface area contributed by atoms with Crippen molar-refractivity contribution in [3.05, 3.63) is 143 Å². The van der Waals surface area contributed by atoms with E-state index in [1.807, 2.05) is 48.8 Å². The highest BCUT2D eigenvalue weighted by Crippen LogP contribution is 2.41. The number of ether oxygens (including phenoxy) is 4. The molecule has 4 unspecified atom stereocenters. The number of allylic oxidation sites excluding steroid dienone is 5. The van der Waals surface area contributed by atoms with Crippen molar-refractivity contribution in [3.8, 4) is 23.0 Å². The summed E-state index contributed by atoms with van der Waals surface area (Å²) < 4.78 is 24.0. The van der Waals surface area contributed by atoms with E-state index in [0.29, 0.717) is 83.5 Å². The molecule has 4 aliphatic rings. The van der Waals surface area contributed by atoms with Crippen LogP contribution < -0.4 is 24.7 Å². The number of hydrogen-bond donors (Lipinski definition) is 1. The van der Waals surface area contributed by atoms with Crippen molar-refractivity contribution >= 4 is 40.4 Å². The van der Waals surface area contributed by atoms with Crippen LogP contribution in [0.5, 0.6) is 23.0 Å². The predicted octanol–water partition coefficient (Wildman–Crippen LogP) is 13.0. The number of nitrogens with two attached hydrogens (primary N) is 1. The van der Waals surface area contributed by atoms with Gasteiger partial charge in [0.05, 0.1) is 44.7 Å². The average Bonchev–Trinajstić information content (AvgIpc) is 3.56. The van der Waals surface area contributed by atoms with Gasteiger partial charge in [0.2, 0.25) is 0 Å². The third kappa shape index (κ3) is 11.4. The van der Waals surface area contributed by atoms with Crippen LogP contribution in [0.2, 0.25) is 0 Å². The van der Waals surface area contributed by atoms with Crippen molar-refractivity contribution < 1.29 is 28.5 Å². The SMILES string of the molecule is C=C1C=C(c2ccc(CCC3CCCC(CCC)CC3)cc2)CC(C)C=CCc2cc(OCCCOc3cc4c(cc3OC)C(=O)N3C=C(c5ccc(N)cc5)CC3C=N4)c(OC)cc2C1=O. The van der Waals surface area contributed by atoms with E-state index in [0.717, 1.165) is 52.5 Å². The van der Waals surface area contributed by atoms with Crippen LogP contribution in [-0.4, -0.2) is 56.3 Å². The molecule has 2 aliphatic carbocycles. The lowest BCUT2D eigenvalue weighted by Gasteiger charge is -2.19. The molecule has 4 atom stereocenters. The van der Waals surface area contributed by atoms with Gasteiger partial charge in [0.1, 0.15) is 0 Å². The van der Waals surface area contributed by atoms with E-state index in [2.05, 4.69) is 56.8 Å². The van der Waals surface area contributed by atoms with Gasteiger partial charge in [-0.3, -0.25) is 14.6 Å². The minimum Gasteiger partial charge on any atom is -0.493 e. The topological polar surface area (TPSA) is 113 Å². The van der Waals surface area contributed by atoms with E-state index in [9.17, 15) is 9.59 Å². The maximum absolute atomic E-state index is 14.2. The Labute approximate surface area is 397 Å². The van der Waals surface area contributed by atoms with Crippen LogP contribution in [0.25, 0.3) is 11.1 Å². The fourth-order valence-corrected chi connectivity index (χ4v) is 10.2. The summed E-state index contributed by atoms with van der Waals surface area (Å²) in [4.78, 5) is 34.5. The van der Waals surface area contributed by atoms with Crippen molar-refractivity contribution in [3.63, 3.8) is 0 Å². The number of nitrogen functional groups attached to an aromatic ring is 1. The lowest BCUT2D eigenvalue weighted by molar-refractivity contribution is 0.0817. The van der Waals surface area contributed by atoms with Crippen LogP contribution >= 0.6 is 0 Å². The van der Waals surface area contributed by atoms with Crippen molar-refractivity contribution in [1.29, 1.82) is 0 Å². The summed E-state index contributed by atoms with van der Waals surface area (Å²) in [6, 6.07) is 23.6. The Kier molecular flexibility index (Phi) is 15.5. The zero-order valence-electron chi connectivity index (χ0n) is 39.9. The molecule has 9 nitrogen and oxygen atoms in total. The molecule has 8 rings (SSSR count). The Balaban J connectivity index is 0.891. The zero-order valence-corrected chi connectivity index (χ0v) is 39.9. The Hall–Kier alpha value is -6.35. The first kappa shape index (κ1) is 47.2. The van der Waals surface area contributed by atoms with Crippen LogP contribution in [0, 0.1) is 17.8 Å². The van der Waals surface area contributed by atoms with Gasteiger partial charge in [-0.1, -0.05) is 114 Å². The van der Waals surface area contributed by atoms with Gasteiger partial charge < -0.3 is 29.6 Å². The Morgan fingerprint density at radius 1 is 0.776 bits per heavy atom. The number of Topliss-reactive ketones (excluding diaryl/α,β-unsaturated/α-hetero) is 1. The molecule has 2 aliphatic heterocycles. The second-order valence-electron chi connectivity index (χ2n) is 18.9. The van der Waals surface area contributed by atoms with Gasteiger partial charge >= 0.3 is 0 Å². The molecular weight excluding hydrogens is 835 g/mol. The number of nitrogens with zero attached hydrogens (tertiary/aromatic N) is 2. The number of anilines is 1. The number of amides is 1. The first-order valence-electron chi connectivity index (χ1n) is 24.4. The molecule has 2 heterocycles. The van der Waals surface area contributed by atoms with E-state index in [4.69, 9.17) is 29.7 Å². The highest BCUT2D eigenvalue weighted by atomic mass is 16.5.